The average molecular weight is 226 g/mol. The van der Waals surface area contributed by atoms with Crippen LogP contribution in [0.15, 0.2) is 0 Å². The van der Waals surface area contributed by atoms with E-state index in [1.165, 1.54) is 58.2 Å². The molecule has 1 heterocycles. The molecule has 0 radical (unpaired) electrons. The molecule has 96 valence electrons. The second-order valence-corrected chi connectivity index (χ2v) is 5.09. The van der Waals surface area contributed by atoms with Crippen LogP contribution in [0, 0.1) is 0 Å². The van der Waals surface area contributed by atoms with Crippen LogP contribution in [0.4, 0.5) is 0 Å². The first kappa shape index (κ1) is 14.0. The van der Waals surface area contributed by atoms with Crippen molar-refractivity contribution in [2.45, 2.75) is 71.4 Å². The van der Waals surface area contributed by atoms with Crippen LogP contribution in [0.5, 0.6) is 0 Å². The zero-order chi connectivity index (χ0) is 11.8. The van der Waals surface area contributed by atoms with Gasteiger partial charge in [-0.15, -0.1) is 0 Å². The lowest BCUT2D eigenvalue weighted by Gasteiger charge is -2.32. The Morgan fingerprint density at radius 3 is 2.62 bits per heavy atom. The maximum atomic E-state index is 3.61. The first-order chi connectivity index (χ1) is 7.81. The van der Waals surface area contributed by atoms with Crippen LogP contribution in [-0.4, -0.2) is 36.6 Å². The third-order valence-electron chi connectivity index (χ3n) is 3.90. The fourth-order valence-corrected chi connectivity index (χ4v) is 2.82. The van der Waals surface area contributed by atoms with Gasteiger partial charge in [-0.1, -0.05) is 33.6 Å². The highest BCUT2D eigenvalue weighted by atomic mass is 15.2. The first-order valence-corrected chi connectivity index (χ1v) is 7.29. The summed E-state index contributed by atoms with van der Waals surface area (Å²) < 4.78 is 0. The predicted molar refractivity (Wildman–Crippen MR) is 71.9 cm³/mol. The molecule has 0 amide bonds. The number of nitrogens with zero attached hydrogens (tertiary/aromatic N) is 1. The largest absolute Gasteiger partial charge is 0.313 e. The summed E-state index contributed by atoms with van der Waals surface area (Å²) in [5, 5.41) is 3.61. The second-order valence-electron chi connectivity index (χ2n) is 5.09. The van der Waals surface area contributed by atoms with Crippen molar-refractivity contribution in [3.63, 3.8) is 0 Å². The van der Waals surface area contributed by atoms with E-state index in [-0.39, 0.29) is 0 Å². The molecule has 1 aliphatic heterocycles. The van der Waals surface area contributed by atoms with E-state index in [0.717, 1.165) is 12.1 Å². The van der Waals surface area contributed by atoms with Gasteiger partial charge in [0, 0.05) is 18.6 Å². The molecule has 1 N–H and O–H groups in total. The summed E-state index contributed by atoms with van der Waals surface area (Å²) in [6, 6.07) is 1.57. The Hall–Kier alpha value is -0.0800. The van der Waals surface area contributed by atoms with Crippen LogP contribution in [0.2, 0.25) is 0 Å². The normalized spacial score (nSPS) is 22.9. The standard InChI is InChI=1S/C14H30N2/c1-4-7-10-14(5-2)16(6-3)12-13-9-8-11-15-13/h13-15H,4-12H2,1-3H3. The molecule has 0 aromatic carbocycles. The molecule has 0 aromatic heterocycles. The van der Waals surface area contributed by atoms with E-state index in [4.69, 9.17) is 0 Å². The average Bonchev–Trinajstić information content (AvgIpc) is 2.81. The van der Waals surface area contributed by atoms with E-state index in [1.807, 2.05) is 0 Å². The second kappa shape index (κ2) is 8.08. The summed E-state index contributed by atoms with van der Waals surface area (Å²) in [5.41, 5.74) is 0. The first-order valence-electron chi connectivity index (χ1n) is 7.29. The molecule has 0 saturated carbocycles. The SMILES string of the molecule is CCCCC(CC)N(CC)CC1CCCN1. The van der Waals surface area contributed by atoms with Crippen molar-refractivity contribution >= 4 is 0 Å². The lowest BCUT2D eigenvalue weighted by atomic mass is 10.0. The van der Waals surface area contributed by atoms with Crippen molar-refractivity contribution in [1.82, 2.24) is 10.2 Å². The molecule has 1 saturated heterocycles. The van der Waals surface area contributed by atoms with Crippen LogP contribution in [0.25, 0.3) is 0 Å². The summed E-state index contributed by atoms with van der Waals surface area (Å²) in [7, 11) is 0. The maximum Gasteiger partial charge on any atom is 0.0195 e. The smallest absolute Gasteiger partial charge is 0.0195 e. The lowest BCUT2D eigenvalue weighted by Crippen LogP contribution is -2.43. The summed E-state index contributed by atoms with van der Waals surface area (Å²) in [4.78, 5) is 2.69. The fraction of sp³-hybridized carbons (Fsp3) is 1.00. The molecule has 1 rings (SSSR count). The van der Waals surface area contributed by atoms with E-state index in [2.05, 4.69) is 31.0 Å². The van der Waals surface area contributed by atoms with Gasteiger partial charge in [0.1, 0.15) is 0 Å². The summed E-state index contributed by atoms with van der Waals surface area (Å²) >= 11 is 0. The van der Waals surface area contributed by atoms with Crippen molar-refractivity contribution in [3.8, 4) is 0 Å². The molecule has 1 aliphatic rings. The summed E-state index contributed by atoms with van der Waals surface area (Å²) in [6.07, 6.45) is 8.14. The Kier molecular flexibility index (Phi) is 7.06. The van der Waals surface area contributed by atoms with Gasteiger partial charge < -0.3 is 5.32 Å². The molecule has 1 fully saturated rings. The Labute approximate surface area is 102 Å². The molecule has 2 nitrogen and oxygen atoms in total. The van der Waals surface area contributed by atoms with Crippen LogP contribution in [-0.2, 0) is 0 Å². The minimum absolute atomic E-state index is 0.760. The zero-order valence-electron chi connectivity index (χ0n) is 11.5. The van der Waals surface area contributed by atoms with Crippen molar-refractivity contribution < 1.29 is 0 Å². The molecular formula is C14H30N2. The fourth-order valence-electron chi connectivity index (χ4n) is 2.82. The number of rotatable bonds is 8. The highest BCUT2D eigenvalue weighted by Crippen LogP contribution is 2.15. The molecular weight excluding hydrogens is 196 g/mol. The van der Waals surface area contributed by atoms with Gasteiger partial charge in [0.15, 0.2) is 0 Å². The van der Waals surface area contributed by atoms with Gasteiger partial charge in [0.2, 0.25) is 0 Å². The quantitative estimate of drug-likeness (QED) is 0.684. The van der Waals surface area contributed by atoms with E-state index >= 15 is 0 Å². The molecule has 0 spiro atoms. The molecule has 0 bridgehead atoms. The molecule has 2 atom stereocenters. The Morgan fingerprint density at radius 2 is 2.12 bits per heavy atom. The van der Waals surface area contributed by atoms with E-state index in [9.17, 15) is 0 Å². The van der Waals surface area contributed by atoms with Crippen molar-refractivity contribution in [1.29, 1.82) is 0 Å². The highest BCUT2D eigenvalue weighted by Gasteiger charge is 2.21. The van der Waals surface area contributed by atoms with Gasteiger partial charge in [-0.05, 0) is 38.8 Å². The monoisotopic (exact) mass is 226 g/mol. The number of nitrogens with one attached hydrogen (secondary N) is 1. The minimum atomic E-state index is 0.760. The van der Waals surface area contributed by atoms with Crippen LogP contribution in [0.3, 0.4) is 0 Å². The topological polar surface area (TPSA) is 15.3 Å². The van der Waals surface area contributed by atoms with Gasteiger partial charge >= 0.3 is 0 Å². The summed E-state index contributed by atoms with van der Waals surface area (Å²) in [5.74, 6) is 0. The molecule has 2 heteroatoms. The Bertz CT molecular complexity index is 164. The maximum absolute atomic E-state index is 3.61. The van der Waals surface area contributed by atoms with E-state index < -0.39 is 0 Å². The van der Waals surface area contributed by atoms with E-state index in [1.54, 1.807) is 0 Å². The summed E-state index contributed by atoms with van der Waals surface area (Å²) in [6.45, 7) is 10.6. The predicted octanol–water partition coefficient (Wildman–Crippen LogP) is 3.03. The number of hydrogen-bond acceptors (Lipinski definition) is 2. The van der Waals surface area contributed by atoms with Gasteiger partial charge in [-0.3, -0.25) is 4.90 Å². The third-order valence-corrected chi connectivity index (χ3v) is 3.90. The van der Waals surface area contributed by atoms with Crippen molar-refractivity contribution in [2.75, 3.05) is 19.6 Å². The van der Waals surface area contributed by atoms with Crippen molar-refractivity contribution in [2.24, 2.45) is 0 Å². The Morgan fingerprint density at radius 1 is 1.31 bits per heavy atom. The van der Waals surface area contributed by atoms with Crippen LogP contribution < -0.4 is 5.32 Å². The van der Waals surface area contributed by atoms with Gasteiger partial charge in [0.25, 0.3) is 0 Å². The Balaban J connectivity index is 2.35. The lowest BCUT2D eigenvalue weighted by molar-refractivity contribution is 0.172. The molecule has 2 unspecified atom stereocenters. The minimum Gasteiger partial charge on any atom is -0.313 e. The third kappa shape index (κ3) is 4.42. The number of hydrogen-bond donors (Lipinski definition) is 1. The molecule has 16 heavy (non-hydrogen) atoms. The molecule has 0 aromatic rings. The van der Waals surface area contributed by atoms with Gasteiger partial charge in [-0.25, -0.2) is 0 Å². The van der Waals surface area contributed by atoms with Gasteiger partial charge in [-0.2, -0.15) is 0 Å². The van der Waals surface area contributed by atoms with Crippen LogP contribution >= 0.6 is 0 Å². The number of unbranched alkanes of at least 4 members (excludes halogenated alkanes) is 1. The van der Waals surface area contributed by atoms with Crippen LogP contribution in [0.1, 0.15) is 59.3 Å². The van der Waals surface area contributed by atoms with Gasteiger partial charge in [0.05, 0.1) is 0 Å². The van der Waals surface area contributed by atoms with E-state index in [0.29, 0.717) is 0 Å². The highest BCUT2D eigenvalue weighted by molar-refractivity contribution is 4.80. The van der Waals surface area contributed by atoms with Crippen molar-refractivity contribution in [3.05, 3.63) is 0 Å². The zero-order valence-corrected chi connectivity index (χ0v) is 11.5. The molecule has 0 aliphatic carbocycles. The number of likely N-dealkylation sites (N-methyl/N-ethyl adjacent to an activating group) is 1.